The first-order chi connectivity index (χ1) is 9.63. The third-order valence-corrected chi connectivity index (χ3v) is 5.08. The molecule has 1 N–H and O–H groups in total. The molecule has 0 spiro atoms. The van der Waals surface area contributed by atoms with E-state index in [0.717, 1.165) is 14.6 Å². The van der Waals surface area contributed by atoms with Crippen LogP contribution >= 0.6 is 31.9 Å². The fraction of sp³-hybridized carbons (Fsp3) is 0.294. The molecule has 0 saturated heterocycles. The lowest BCUT2D eigenvalue weighted by Gasteiger charge is -2.18. The average molecular weight is 395 g/mol. The van der Waals surface area contributed by atoms with Crippen LogP contribution in [0.25, 0.3) is 0 Å². The maximum absolute atomic E-state index is 3.61. The van der Waals surface area contributed by atoms with Gasteiger partial charge in [-0.2, -0.15) is 0 Å². The van der Waals surface area contributed by atoms with E-state index in [1.54, 1.807) is 0 Å². The number of benzene rings is 2. The van der Waals surface area contributed by atoms with Gasteiger partial charge in [0.05, 0.1) is 0 Å². The van der Waals surface area contributed by atoms with Gasteiger partial charge in [0.25, 0.3) is 0 Å². The molecule has 20 heavy (non-hydrogen) atoms. The van der Waals surface area contributed by atoms with Gasteiger partial charge >= 0.3 is 0 Å². The van der Waals surface area contributed by atoms with Gasteiger partial charge in [0, 0.05) is 20.7 Å². The van der Waals surface area contributed by atoms with Crippen LogP contribution in [0.4, 0.5) is 5.69 Å². The highest BCUT2D eigenvalue weighted by atomic mass is 79.9. The van der Waals surface area contributed by atoms with Gasteiger partial charge in [-0.05, 0) is 77.0 Å². The number of nitrogens with one attached hydrogen (secondary N) is 1. The normalized spacial score (nSPS) is 14.9. The zero-order valence-electron chi connectivity index (χ0n) is 11.4. The summed E-state index contributed by atoms with van der Waals surface area (Å²) < 4.78 is 2.17. The Kier molecular flexibility index (Phi) is 4.18. The molecule has 0 aromatic heterocycles. The lowest BCUT2D eigenvalue weighted by molar-refractivity contribution is 0.878. The van der Waals surface area contributed by atoms with Crippen molar-refractivity contribution >= 4 is 37.5 Å². The number of fused-ring (bicyclic) bond motifs is 1. The van der Waals surface area contributed by atoms with Crippen molar-refractivity contribution in [1.29, 1.82) is 0 Å². The molecule has 104 valence electrons. The van der Waals surface area contributed by atoms with Gasteiger partial charge in [0.15, 0.2) is 0 Å². The Hall–Kier alpha value is -0.800. The first-order valence-corrected chi connectivity index (χ1v) is 8.55. The number of rotatable bonds is 3. The summed E-state index contributed by atoms with van der Waals surface area (Å²) >= 11 is 7.09. The highest BCUT2D eigenvalue weighted by Gasteiger charge is 2.14. The molecule has 0 radical (unpaired) electrons. The van der Waals surface area contributed by atoms with E-state index in [1.807, 2.05) is 0 Å². The first-order valence-electron chi connectivity index (χ1n) is 6.97. The van der Waals surface area contributed by atoms with Crippen LogP contribution in [0.2, 0.25) is 0 Å². The van der Waals surface area contributed by atoms with Crippen LogP contribution in [-0.2, 0) is 12.8 Å². The Bertz CT molecular complexity index is 637. The third kappa shape index (κ3) is 2.94. The summed E-state index contributed by atoms with van der Waals surface area (Å²) in [6, 6.07) is 13.4. The van der Waals surface area contributed by atoms with Crippen LogP contribution in [0, 0.1) is 0 Å². The van der Waals surface area contributed by atoms with E-state index in [-0.39, 0.29) is 0 Å². The van der Waals surface area contributed by atoms with E-state index in [1.165, 1.54) is 36.0 Å². The van der Waals surface area contributed by atoms with Crippen molar-refractivity contribution in [3.63, 3.8) is 0 Å². The molecule has 0 fully saturated rings. The Balaban J connectivity index is 1.80. The molecule has 2 aromatic rings. The van der Waals surface area contributed by atoms with E-state index < -0.39 is 0 Å². The molecular formula is C17H17Br2N. The lowest BCUT2D eigenvalue weighted by atomic mass is 10.0. The van der Waals surface area contributed by atoms with Crippen molar-refractivity contribution in [2.24, 2.45) is 0 Å². The Morgan fingerprint density at radius 3 is 2.60 bits per heavy atom. The largest absolute Gasteiger partial charge is 0.378 e. The first kappa shape index (κ1) is 14.2. The Morgan fingerprint density at radius 2 is 1.80 bits per heavy atom. The van der Waals surface area contributed by atoms with Crippen LogP contribution < -0.4 is 5.32 Å². The fourth-order valence-electron chi connectivity index (χ4n) is 2.78. The molecule has 0 aliphatic heterocycles. The standard InChI is InChI=1S/C17H17Br2N/c1-11(20-17-8-7-15(18)10-16(17)19)13-6-5-12-3-2-4-14(12)9-13/h5-11,20H,2-4H2,1H3. The molecule has 1 atom stereocenters. The molecule has 3 heteroatoms. The summed E-state index contributed by atoms with van der Waals surface area (Å²) in [5.74, 6) is 0. The summed E-state index contributed by atoms with van der Waals surface area (Å²) in [6.07, 6.45) is 3.78. The van der Waals surface area contributed by atoms with Crippen molar-refractivity contribution in [2.75, 3.05) is 5.32 Å². The summed E-state index contributed by atoms with van der Waals surface area (Å²) in [6.45, 7) is 2.21. The van der Waals surface area contributed by atoms with E-state index in [0.29, 0.717) is 6.04 Å². The molecule has 0 amide bonds. The number of halogens is 2. The van der Waals surface area contributed by atoms with Crippen molar-refractivity contribution in [3.05, 3.63) is 62.0 Å². The fourth-order valence-corrected chi connectivity index (χ4v) is 3.95. The molecule has 1 unspecified atom stereocenters. The molecule has 1 aliphatic rings. The van der Waals surface area contributed by atoms with E-state index in [9.17, 15) is 0 Å². The summed E-state index contributed by atoms with van der Waals surface area (Å²) in [5, 5.41) is 3.58. The minimum atomic E-state index is 0.304. The predicted octanol–water partition coefficient (Wildman–Crippen LogP) is 5.87. The summed E-state index contributed by atoms with van der Waals surface area (Å²) in [4.78, 5) is 0. The molecule has 0 bridgehead atoms. The highest BCUT2D eigenvalue weighted by Crippen LogP contribution is 2.31. The predicted molar refractivity (Wildman–Crippen MR) is 92.3 cm³/mol. The van der Waals surface area contributed by atoms with Gasteiger partial charge < -0.3 is 5.32 Å². The zero-order valence-corrected chi connectivity index (χ0v) is 14.6. The lowest BCUT2D eigenvalue weighted by Crippen LogP contribution is -2.07. The molecule has 3 rings (SSSR count). The SMILES string of the molecule is CC(Nc1ccc(Br)cc1Br)c1ccc2c(c1)CCC2. The second-order valence-electron chi connectivity index (χ2n) is 5.37. The van der Waals surface area contributed by atoms with Crippen molar-refractivity contribution in [2.45, 2.75) is 32.2 Å². The minimum absolute atomic E-state index is 0.304. The van der Waals surface area contributed by atoms with Gasteiger partial charge in [-0.25, -0.2) is 0 Å². The second kappa shape index (κ2) is 5.90. The number of hydrogen-bond donors (Lipinski definition) is 1. The van der Waals surface area contributed by atoms with E-state index in [4.69, 9.17) is 0 Å². The van der Waals surface area contributed by atoms with Gasteiger partial charge in [-0.15, -0.1) is 0 Å². The van der Waals surface area contributed by atoms with Crippen molar-refractivity contribution in [1.82, 2.24) is 0 Å². The second-order valence-corrected chi connectivity index (χ2v) is 7.14. The van der Waals surface area contributed by atoms with Gasteiger partial charge in [0.2, 0.25) is 0 Å². The topological polar surface area (TPSA) is 12.0 Å². The molecule has 1 aliphatic carbocycles. The van der Waals surface area contributed by atoms with Gasteiger partial charge in [0.1, 0.15) is 0 Å². The molecule has 2 aromatic carbocycles. The number of hydrogen-bond acceptors (Lipinski definition) is 1. The molecule has 1 nitrogen and oxygen atoms in total. The van der Waals surface area contributed by atoms with Crippen LogP contribution in [0.15, 0.2) is 45.3 Å². The van der Waals surface area contributed by atoms with Gasteiger partial charge in [-0.1, -0.05) is 34.1 Å². The third-order valence-electron chi connectivity index (χ3n) is 3.93. The maximum Gasteiger partial charge on any atom is 0.0490 e. The van der Waals surface area contributed by atoms with Crippen LogP contribution in [-0.4, -0.2) is 0 Å². The Labute approximate surface area is 137 Å². The molecule has 0 heterocycles. The summed E-state index contributed by atoms with van der Waals surface area (Å²) in [7, 11) is 0. The van der Waals surface area contributed by atoms with E-state index >= 15 is 0 Å². The smallest absolute Gasteiger partial charge is 0.0490 e. The summed E-state index contributed by atoms with van der Waals surface area (Å²) in [5.41, 5.74) is 5.55. The molecular weight excluding hydrogens is 378 g/mol. The highest BCUT2D eigenvalue weighted by molar-refractivity contribution is 9.11. The van der Waals surface area contributed by atoms with Crippen LogP contribution in [0.5, 0.6) is 0 Å². The number of aryl methyl sites for hydroxylation is 2. The van der Waals surface area contributed by atoms with E-state index in [2.05, 4.69) is 80.5 Å². The van der Waals surface area contributed by atoms with Crippen molar-refractivity contribution in [3.8, 4) is 0 Å². The molecule has 0 saturated carbocycles. The number of anilines is 1. The Morgan fingerprint density at radius 1 is 1.00 bits per heavy atom. The van der Waals surface area contributed by atoms with Crippen LogP contribution in [0.3, 0.4) is 0 Å². The maximum atomic E-state index is 3.61. The van der Waals surface area contributed by atoms with Gasteiger partial charge in [-0.3, -0.25) is 0 Å². The zero-order chi connectivity index (χ0) is 14.1. The minimum Gasteiger partial charge on any atom is -0.378 e. The van der Waals surface area contributed by atoms with Crippen molar-refractivity contribution < 1.29 is 0 Å². The van der Waals surface area contributed by atoms with Crippen LogP contribution in [0.1, 0.15) is 36.1 Å². The average Bonchev–Trinajstić information content (AvgIpc) is 2.89. The quantitative estimate of drug-likeness (QED) is 0.685. The monoisotopic (exact) mass is 393 g/mol.